The number of anilines is 1. The maximum atomic E-state index is 11.2. The lowest BCUT2D eigenvalue weighted by Gasteiger charge is -2.07. The van der Waals surface area contributed by atoms with Gasteiger partial charge in [-0.3, -0.25) is 4.79 Å². The molecular weight excluding hydrogens is 250 g/mol. The van der Waals surface area contributed by atoms with Gasteiger partial charge in [-0.15, -0.1) is 0 Å². The molecule has 0 aliphatic heterocycles. The van der Waals surface area contributed by atoms with Crippen molar-refractivity contribution in [3.63, 3.8) is 0 Å². The average Bonchev–Trinajstić information content (AvgIpc) is 2.43. The minimum atomic E-state index is -0.270. The van der Waals surface area contributed by atoms with Gasteiger partial charge in [0.15, 0.2) is 0 Å². The van der Waals surface area contributed by atoms with E-state index in [0.717, 1.165) is 15.9 Å². The molecule has 1 heterocycles. The quantitative estimate of drug-likeness (QED) is 0.516. The fourth-order valence-corrected chi connectivity index (χ4v) is 2.31. The topological polar surface area (TPSA) is 64.1 Å². The standard InChI is InChI=1S/C12H13N3O2S/c1-13-12-14-9-6-4-3-5-8(9)11(15-12)18-7-10(16)17-2/h3-6H,7H2,1-2H3,(H,13,14,15). The van der Waals surface area contributed by atoms with E-state index in [1.54, 1.807) is 7.05 Å². The van der Waals surface area contributed by atoms with Crippen LogP contribution in [0.15, 0.2) is 29.3 Å². The van der Waals surface area contributed by atoms with Gasteiger partial charge in [0.05, 0.1) is 18.4 Å². The zero-order valence-electron chi connectivity index (χ0n) is 10.1. The van der Waals surface area contributed by atoms with Crippen LogP contribution in [-0.4, -0.2) is 35.8 Å². The smallest absolute Gasteiger partial charge is 0.316 e. The summed E-state index contributed by atoms with van der Waals surface area (Å²) in [7, 11) is 3.14. The maximum Gasteiger partial charge on any atom is 0.316 e. The van der Waals surface area contributed by atoms with Crippen LogP contribution < -0.4 is 5.32 Å². The number of hydrogen-bond donors (Lipinski definition) is 1. The third-order valence-corrected chi connectivity index (χ3v) is 3.31. The highest BCUT2D eigenvalue weighted by Crippen LogP contribution is 2.26. The molecule has 0 saturated carbocycles. The highest BCUT2D eigenvalue weighted by molar-refractivity contribution is 8.00. The summed E-state index contributed by atoms with van der Waals surface area (Å²) in [5, 5.41) is 4.62. The van der Waals surface area contributed by atoms with E-state index in [1.165, 1.54) is 18.9 Å². The predicted octanol–water partition coefficient (Wildman–Crippen LogP) is 1.94. The summed E-state index contributed by atoms with van der Waals surface area (Å²) in [6.45, 7) is 0. The molecular formula is C12H13N3O2S. The number of esters is 1. The summed E-state index contributed by atoms with van der Waals surface area (Å²) in [5.41, 5.74) is 0.851. The number of carbonyl (C=O) groups is 1. The van der Waals surface area contributed by atoms with Crippen molar-refractivity contribution in [2.45, 2.75) is 5.03 Å². The molecule has 2 rings (SSSR count). The molecule has 0 fully saturated rings. The Hall–Kier alpha value is -1.82. The van der Waals surface area contributed by atoms with Gasteiger partial charge in [-0.2, -0.15) is 0 Å². The molecule has 1 N–H and O–H groups in total. The van der Waals surface area contributed by atoms with Crippen molar-refractivity contribution in [1.29, 1.82) is 0 Å². The summed E-state index contributed by atoms with van der Waals surface area (Å²) in [6, 6.07) is 7.70. The molecule has 0 atom stereocenters. The number of nitrogens with one attached hydrogen (secondary N) is 1. The number of para-hydroxylation sites is 1. The fraction of sp³-hybridized carbons (Fsp3) is 0.250. The second kappa shape index (κ2) is 5.68. The molecule has 0 amide bonds. The monoisotopic (exact) mass is 263 g/mol. The molecule has 18 heavy (non-hydrogen) atoms. The van der Waals surface area contributed by atoms with Crippen LogP contribution in [0.25, 0.3) is 10.9 Å². The van der Waals surface area contributed by atoms with Gasteiger partial charge in [-0.25, -0.2) is 9.97 Å². The molecule has 0 bridgehead atoms. The number of nitrogens with zero attached hydrogens (tertiary/aromatic N) is 2. The van der Waals surface area contributed by atoms with E-state index < -0.39 is 0 Å². The molecule has 0 saturated heterocycles. The van der Waals surface area contributed by atoms with Crippen LogP contribution in [0, 0.1) is 0 Å². The first-order valence-electron chi connectivity index (χ1n) is 5.38. The van der Waals surface area contributed by atoms with Gasteiger partial charge in [0.2, 0.25) is 5.95 Å². The molecule has 1 aromatic carbocycles. The minimum absolute atomic E-state index is 0.237. The Morgan fingerprint density at radius 2 is 2.17 bits per heavy atom. The van der Waals surface area contributed by atoms with E-state index in [0.29, 0.717) is 5.95 Å². The zero-order valence-corrected chi connectivity index (χ0v) is 11.0. The van der Waals surface area contributed by atoms with Crippen LogP contribution in [0.3, 0.4) is 0 Å². The lowest BCUT2D eigenvalue weighted by Crippen LogP contribution is -2.04. The van der Waals surface area contributed by atoms with Crippen molar-refractivity contribution < 1.29 is 9.53 Å². The van der Waals surface area contributed by atoms with Crippen LogP contribution in [0.5, 0.6) is 0 Å². The lowest BCUT2D eigenvalue weighted by molar-refractivity contribution is -0.137. The molecule has 0 aliphatic rings. The molecule has 0 radical (unpaired) electrons. The number of fused-ring (bicyclic) bond motifs is 1. The maximum absolute atomic E-state index is 11.2. The second-order valence-electron chi connectivity index (χ2n) is 3.48. The number of thioether (sulfide) groups is 1. The van der Waals surface area contributed by atoms with Gasteiger partial charge in [-0.1, -0.05) is 30.0 Å². The lowest BCUT2D eigenvalue weighted by atomic mass is 10.2. The van der Waals surface area contributed by atoms with Crippen LogP contribution in [0.1, 0.15) is 0 Å². The molecule has 1 aromatic heterocycles. The number of ether oxygens (including phenoxy) is 1. The van der Waals surface area contributed by atoms with Gasteiger partial charge in [0.25, 0.3) is 0 Å². The Balaban J connectivity index is 2.37. The largest absolute Gasteiger partial charge is 0.468 e. The van der Waals surface area contributed by atoms with Gasteiger partial charge < -0.3 is 10.1 Å². The van der Waals surface area contributed by atoms with E-state index in [4.69, 9.17) is 0 Å². The van der Waals surface area contributed by atoms with E-state index in [2.05, 4.69) is 20.0 Å². The number of carbonyl (C=O) groups excluding carboxylic acids is 1. The summed E-state index contributed by atoms with van der Waals surface area (Å²) < 4.78 is 4.62. The fourth-order valence-electron chi connectivity index (χ4n) is 1.46. The summed E-state index contributed by atoms with van der Waals surface area (Å²) in [5.74, 6) is 0.510. The molecule has 94 valence electrons. The highest BCUT2D eigenvalue weighted by Gasteiger charge is 2.09. The van der Waals surface area contributed by atoms with E-state index in [-0.39, 0.29) is 11.7 Å². The first-order valence-corrected chi connectivity index (χ1v) is 6.37. The van der Waals surface area contributed by atoms with Crippen molar-refractivity contribution in [3.8, 4) is 0 Å². The number of benzene rings is 1. The SMILES string of the molecule is CNc1nc(SCC(=O)OC)c2ccccc2n1. The Labute approximate surface area is 109 Å². The predicted molar refractivity (Wildman–Crippen MR) is 71.8 cm³/mol. The normalized spacial score (nSPS) is 10.3. The molecule has 0 spiro atoms. The molecule has 5 nitrogen and oxygen atoms in total. The van der Waals surface area contributed by atoms with Gasteiger partial charge >= 0.3 is 5.97 Å². The number of methoxy groups -OCH3 is 1. The van der Waals surface area contributed by atoms with Crippen molar-refractivity contribution in [1.82, 2.24) is 9.97 Å². The Morgan fingerprint density at radius 3 is 2.89 bits per heavy atom. The average molecular weight is 263 g/mol. The van der Waals surface area contributed by atoms with Crippen molar-refractivity contribution in [3.05, 3.63) is 24.3 Å². The first-order chi connectivity index (χ1) is 8.74. The van der Waals surface area contributed by atoms with Crippen LogP contribution in [0.2, 0.25) is 0 Å². The van der Waals surface area contributed by atoms with E-state index >= 15 is 0 Å². The Bertz CT molecular complexity index is 574. The molecule has 2 aromatic rings. The van der Waals surface area contributed by atoms with Crippen LogP contribution >= 0.6 is 11.8 Å². The molecule has 0 aliphatic carbocycles. The number of aromatic nitrogens is 2. The first kappa shape index (κ1) is 12.6. The molecule has 0 unspecified atom stereocenters. The zero-order chi connectivity index (χ0) is 13.0. The van der Waals surface area contributed by atoms with Gasteiger partial charge in [-0.05, 0) is 6.07 Å². The Kier molecular flexibility index (Phi) is 3.99. The summed E-state index contributed by atoms with van der Waals surface area (Å²) in [4.78, 5) is 19.9. The van der Waals surface area contributed by atoms with Gasteiger partial charge in [0.1, 0.15) is 5.03 Å². The van der Waals surface area contributed by atoms with E-state index in [1.807, 2.05) is 24.3 Å². The van der Waals surface area contributed by atoms with Crippen molar-refractivity contribution in [2.24, 2.45) is 0 Å². The minimum Gasteiger partial charge on any atom is -0.468 e. The van der Waals surface area contributed by atoms with Crippen molar-refractivity contribution in [2.75, 3.05) is 25.2 Å². The van der Waals surface area contributed by atoms with Crippen molar-refractivity contribution >= 4 is 34.6 Å². The highest BCUT2D eigenvalue weighted by atomic mass is 32.2. The number of rotatable bonds is 4. The third-order valence-electron chi connectivity index (χ3n) is 2.35. The Morgan fingerprint density at radius 1 is 1.39 bits per heavy atom. The van der Waals surface area contributed by atoms with Crippen LogP contribution in [-0.2, 0) is 9.53 Å². The third kappa shape index (κ3) is 2.70. The van der Waals surface area contributed by atoms with Crippen LogP contribution in [0.4, 0.5) is 5.95 Å². The van der Waals surface area contributed by atoms with E-state index in [9.17, 15) is 4.79 Å². The molecule has 6 heteroatoms. The summed E-state index contributed by atoms with van der Waals surface area (Å²) in [6.07, 6.45) is 0. The second-order valence-corrected chi connectivity index (χ2v) is 4.45. The number of hydrogen-bond acceptors (Lipinski definition) is 6. The van der Waals surface area contributed by atoms with Gasteiger partial charge in [0, 0.05) is 12.4 Å². The summed E-state index contributed by atoms with van der Waals surface area (Å²) >= 11 is 1.35.